The Morgan fingerprint density at radius 1 is 0.862 bits per heavy atom. The van der Waals surface area contributed by atoms with Gasteiger partial charge >= 0.3 is 0 Å². The number of amides is 1. The zero-order valence-electron chi connectivity index (χ0n) is 15.3. The summed E-state index contributed by atoms with van der Waals surface area (Å²) in [7, 11) is 0. The van der Waals surface area contributed by atoms with Gasteiger partial charge < -0.3 is 15.0 Å². The molecule has 0 aliphatic heterocycles. The average molecular weight is 383 g/mol. The Kier molecular flexibility index (Phi) is 5.16. The van der Waals surface area contributed by atoms with Gasteiger partial charge in [-0.2, -0.15) is 0 Å². The van der Waals surface area contributed by atoms with Crippen LogP contribution in [0.4, 0.5) is 5.69 Å². The maximum absolute atomic E-state index is 12.7. The summed E-state index contributed by atoms with van der Waals surface area (Å²) >= 11 is 0. The van der Waals surface area contributed by atoms with Crippen molar-refractivity contribution in [1.82, 2.24) is 9.97 Å². The number of carbonyl (C=O) groups excluding carboxylic acids is 1. The van der Waals surface area contributed by atoms with Crippen molar-refractivity contribution in [3.63, 3.8) is 0 Å². The number of pyridine rings is 2. The first-order valence-corrected chi connectivity index (χ1v) is 8.96. The quantitative estimate of drug-likeness (QED) is 0.532. The molecule has 0 bridgehead atoms. The van der Waals surface area contributed by atoms with Crippen molar-refractivity contribution in [3.05, 3.63) is 107 Å². The van der Waals surface area contributed by atoms with Crippen LogP contribution >= 0.6 is 0 Å². The largest absolute Gasteiger partial charge is 0.457 e. The van der Waals surface area contributed by atoms with Gasteiger partial charge in [0.15, 0.2) is 0 Å². The maximum Gasteiger partial charge on any atom is 0.261 e. The predicted molar refractivity (Wildman–Crippen MR) is 111 cm³/mol. The van der Waals surface area contributed by atoms with E-state index < -0.39 is 11.5 Å². The first kappa shape index (κ1) is 18.2. The summed E-state index contributed by atoms with van der Waals surface area (Å²) in [6, 6.07) is 21.5. The molecule has 2 aromatic carbocycles. The van der Waals surface area contributed by atoms with Crippen LogP contribution in [-0.2, 0) is 0 Å². The van der Waals surface area contributed by atoms with E-state index in [9.17, 15) is 9.59 Å². The van der Waals surface area contributed by atoms with Gasteiger partial charge in [-0.05, 0) is 53.6 Å². The van der Waals surface area contributed by atoms with Crippen LogP contribution in [0.5, 0.6) is 11.5 Å². The summed E-state index contributed by atoms with van der Waals surface area (Å²) in [4.78, 5) is 31.5. The van der Waals surface area contributed by atoms with Gasteiger partial charge in [-0.25, -0.2) is 0 Å². The van der Waals surface area contributed by atoms with E-state index >= 15 is 0 Å². The van der Waals surface area contributed by atoms with E-state index in [4.69, 9.17) is 4.74 Å². The number of aromatic amines is 1. The minimum Gasteiger partial charge on any atom is -0.457 e. The molecule has 0 aliphatic rings. The molecule has 0 atom stereocenters. The molecule has 0 saturated heterocycles. The second-order valence-corrected chi connectivity index (χ2v) is 6.26. The Hall–Kier alpha value is -4.19. The highest BCUT2D eigenvalue weighted by Gasteiger charge is 2.13. The molecular weight excluding hydrogens is 366 g/mol. The topological polar surface area (TPSA) is 84.1 Å². The molecule has 0 radical (unpaired) electrons. The summed E-state index contributed by atoms with van der Waals surface area (Å²) in [6.07, 6.45) is 4.87. The van der Waals surface area contributed by atoms with Gasteiger partial charge in [0.05, 0.1) is 0 Å². The zero-order chi connectivity index (χ0) is 20.1. The fraction of sp³-hybridized carbons (Fsp3) is 0. The lowest BCUT2D eigenvalue weighted by Crippen LogP contribution is -2.23. The lowest BCUT2D eigenvalue weighted by atomic mass is 10.1. The predicted octanol–water partition coefficient (Wildman–Crippen LogP) is 4.48. The molecule has 2 aromatic heterocycles. The summed E-state index contributed by atoms with van der Waals surface area (Å²) < 4.78 is 5.78. The Balaban J connectivity index is 1.55. The number of hydrogen-bond donors (Lipinski definition) is 2. The second-order valence-electron chi connectivity index (χ2n) is 6.26. The number of hydrogen-bond acceptors (Lipinski definition) is 4. The fourth-order valence-electron chi connectivity index (χ4n) is 2.82. The number of rotatable bonds is 5. The molecular formula is C23H17N3O3. The van der Waals surface area contributed by atoms with Gasteiger partial charge in [0, 0.05) is 30.3 Å². The van der Waals surface area contributed by atoms with Crippen molar-refractivity contribution in [3.8, 4) is 22.6 Å². The van der Waals surface area contributed by atoms with Crippen LogP contribution in [0.15, 0.2) is 96.2 Å². The van der Waals surface area contributed by atoms with Gasteiger partial charge in [-0.1, -0.05) is 24.3 Å². The molecule has 4 aromatic rings. The van der Waals surface area contributed by atoms with Crippen molar-refractivity contribution >= 4 is 11.6 Å². The molecule has 0 fully saturated rings. The van der Waals surface area contributed by atoms with Crippen LogP contribution in [0.1, 0.15) is 10.4 Å². The summed E-state index contributed by atoms with van der Waals surface area (Å²) in [6.45, 7) is 0. The lowest BCUT2D eigenvalue weighted by molar-refractivity contribution is 0.102. The number of nitrogens with zero attached hydrogens (tertiary/aromatic N) is 1. The summed E-state index contributed by atoms with van der Waals surface area (Å²) in [5, 5.41) is 2.75. The Bertz CT molecular complexity index is 1190. The number of H-pyrrole nitrogens is 1. The van der Waals surface area contributed by atoms with Crippen molar-refractivity contribution in [2.45, 2.75) is 0 Å². The Morgan fingerprint density at radius 2 is 1.62 bits per heavy atom. The molecule has 142 valence electrons. The third kappa shape index (κ3) is 4.39. The van der Waals surface area contributed by atoms with E-state index in [1.165, 1.54) is 0 Å². The van der Waals surface area contributed by atoms with E-state index in [1.807, 2.05) is 30.3 Å². The van der Waals surface area contributed by atoms with E-state index in [2.05, 4.69) is 15.3 Å². The summed E-state index contributed by atoms with van der Waals surface area (Å²) in [5.41, 5.74) is 1.66. The van der Waals surface area contributed by atoms with Crippen molar-refractivity contribution in [2.24, 2.45) is 0 Å². The van der Waals surface area contributed by atoms with Crippen LogP contribution in [0.2, 0.25) is 0 Å². The zero-order valence-corrected chi connectivity index (χ0v) is 15.3. The standard InChI is InChI=1S/C23H17N3O3/c27-22-21(13-17(15-25-22)16-9-11-24-12-10-16)23(28)26-18-5-4-8-20(14-18)29-19-6-2-1-3-7-19/h1-15H,(H,25,27)(H,26,28). The summed E-state index contributed by atoms with van der Waals surface area (Å²) in [5.74, 6) is 0.768. The third-order valence-corrected chi connectivity index (χ3v) is 4.23. The lowest BCUT2D eigenvalue weighted by Gasteiger charge is -2.09. The molecule has 0 aliphatic carbocycles. The SMILES string of the molecule is O=C(Nc1cccc(Oc2ccccc2)c1)c1cc(-c2ccncc2)c[nH]c1=O. The number of para-hydroxylation sites is 1. The molecule has 6 nitrogen and oxygen atoms in total. The van der Waals surface area contributed by atoms with Crippen LogP contribution in [0.3, 0.4) is 0 Å². The molecule has 6 heteroatoms. The third-order valence-electron chi connectivity index (χ3n) is 4.23. The smallest absolute Gasteiger partial charge is 0.261 e. The Morgan fingerprint density at radius 3 is 2.41 bits per heavy atom. The van der Waals surface area contributed by atoms with Crippen molar-refractivity contribution in [2.75, 3.05) is 5.32 Å². The number of ether oxygens (including phenoxy) is 1. The van der Waals surface area contributed by atoms with Crippen LogP contribution < -0.4 is 15.6 Å². The average Bonchev–Trinajstić information content (AvgIpc) is 2.75. The van der Waals surface area contributed by atoms with Gasteiger partial charge in [0.2, 0.25) is 0 Å². The van der Waals surface area contributed by atoms with E-state index in [0.717, 1.165) is 11.1 Å². The minimum absolute atomic E-state index is 0.0219. The molecule has 2 heterocycles. The van der Waals surface area contributed by atoms with E-state index in [1.54, 1.807) is 61.1 Å². The maximum atomic E-state index is 12.7. The molecule has 0 unspecified atom stereocenters. The minimum atomic E-state index is -0.501. The molecule has 2 N–H and O–H groups in total. The monoisotopic (exact) mass is 383 g/mol. The van der Waals surface area contributed by atoms with Crippen LogP contribution in [0.25, 0.3) is 11.1 Å². The molecule has 29 heavy (non-hydrogen) atoms. The molecule has 4 rings (SSSR count). The number of benzene rings is 2. The van der Waals surface area contributed by atoms with Gasteiger partial charge in [-0.3, -0.25) is 14.6 Å². The highest BCUT2D eigenvalue weighted by molar-refractivity contribution is 6.04. The Labute approximate surface area is 166 Å². The molecule has 0 saturated carbocycles. The van der Waals surface area contributed by atoms with Gasteiger partial charge in [0.1, 0.15) is 17.1 Å². The number of aromatic nitrogens is 2. The van der Waals surface area contributed by atoms with E-state index in [0.29, 0.717) is 17.2 Å². The molecule has 1 amide bonds. The van der Waals surface area contributed by atoms with Crippen LogP contribution in [-0.4, -0.2) is 15.9 Å². The first-order chi connectivity index (χ1) is 14.2. The fourth-order valence-corrected chi connectivity index (χ4v) is 2.82. The highest BCUT2D eigenvalue weighted by Crippen LogP contribution is 2.24. The number of carbonyl (C=O) groups is 1. The van der Waals surface area contributed by atoms with Crippen molar-refractivity contribution < 1.29 is 9.53 Å². The highest BCUT2D eigenvalue weighted by atomic mass is 16.5. The van der Waals surface area contributed by atoms with Crippen molar-refractivity contribution in [1.29, 1.82) is 0 Å². The molecule has 0 spiro atoms. The van der Waals surface area contributed by atoms with Gasteiger partial charge in [-0.15, -0.1) is 0 Å². The van der Waals surface area contributed by atoms with Gasteiger partial charge in [0.25, 0.3) is 11.5 Å². The number of anilines is 1. The first-order valence-electron chi connectivity index (χ1n) is 8.96. The van der Waals surface area contributed by atoms with E-state index in [-0.39, 0.29) is 5.56 Å². The normalized spacial score (nSPS) is 10.3. The number of nitrogens with one attached hydrogen (secondary N) is 2. The van der Waals surface area contributed by atoms with Crippen LogP contribution in [0, 0.1) is 0 Å². The second kappa shape index (κ2) is 8.22.